The highest BCUT2D eigenvalue weighted by atomic mass is 32.2. The van der Waals surface area contributed by atoms with Crippen molar-refractivity contribution >= 4 is 17.7 Å². The number of tetrazole rings is 1. The van der Waals surface area contributed by atoms with Gasteiger partial charge in [-0.05, 0) is 41.0 Å². The van der Waals surface area contributed by atoms with Gasteiger partial charge in [0, 0.05) is 6.54 Å². The molecule has 29 heavy (non-hydrogen) atoms. The molecule has 0 radical (unpaired) electrons. The van der Waals surface area contributed by atoms with E-state index in [1.54, 1.807) is 6.26 Å². The Morgan fingerprint density at radius 2 is 1.93 bits per heavy atom. The molecule has 0 N–H and O–H groups in total. The Morgan fingerprint density at radius 1 is 1.10 bits per heavy atom. The Morgan fingerprint density at radius 3 is 2.69 bits per heavy atom. The third-order valence-corrected chi connectivity index (χ3v) is 6.12. The molecule has 1 amide bonds. The van der Waals surface area contributed by atoms with Crippen LogP contribution in [0.1, 0.15) is 49.5 Å². The number of carbonyl (C=O) groups is 1. The molecule has 152 valence electrons. The number of thioether (sulfide) groups is 1. The average molecular weight is 412 g/mol. The summed E-state index contributed by atoms with van der Waals surface area (Å²) in [5.41, 5.74) is 1.09. The minimum atomic E-state index is 0.0356. The molecule has 0 saturated heterocycles. The van der Waals surface area contributed by atoms with E-state index in [1.807, 2.05) is 52.0 Å². The molecule has 1 aliphatic carbocycles. The van der Waals surface area contributed by atoms with Crippen molar-refractivity contribution in [1.29, 1.82) is 0 Å². The van der Waals surface area contributed by atoms with Gasteiger partial charge in [-0.3, -0.25) is 4.79 Å². The van der Waals surface area contributed by atoms with E-state index in [0.29, 0.717) is 24.9 Å². The molecule has 0 atom stereocenters. The van der Waals surface area contributed by atoms with E-state index < -0.39 is 0 Å². The van der Waals surface area contributed by atoms with Crippen molar-refractivity contribution in [2.45, 2.75) is 56.4 Å². The van der Waals surface area contributed by atoms with Gasteiger partial charge in [-0.1, -0.05) is 61.4 Å². The van der Waals surface area contributed by atoms with Gasteiger partial charge in [-0.2, -0.15) is 0 Å². The largest absolute Gasteiger partial charge is 0.467 e. The molecule has 3 aromatic rings. The summed E-state index contributed by atoms with van der Waals surface area (Å²) in [5.74, 6) is 1.10. The van der Waals surface area contributed by atoms with Crippen molar-refractivity contribution in [3.8, 4) is 0 Å². The van der Waals surface area contributed by atoms with E-state index in [4.69, 9.17) is 4.42 Å². The van der Waals surface area contributed by atoms with E-state index in [1.165, 1.54) is 31.0 Å². The summed E-state index contributed by atoms with van der Waals surface area (Å²) in [6, 6.07) is 14.1. The number of amides is 1. The van der Waals surface area contributed by atoms with E-state index >= 15 is 0 Å². The molecule has 0 bridgehead atoms. The fraction of sp³-hybridized carbons (Fsp3) is 0.429. The molecular weight excluding hydrogens is 386 g/mol. The van der Waals surface area contributed by atoms with Crippen molar-refractivity contribution in [2.24, 2.45) is 0 Å². The lowest BCUT2D eigenvalue weighted by Gasteiger charge is -2.23. The molecule has 0 unspecified atom stereocenters. The maximum absolute atomic E-state index is 13.0. The lowest BCUT2D eigenvalue weighted by atomic mass is 9.96. The van der Waals surface area contributed by atoms with Crippen LogP contribution >= 0.6 is 11.8 Å². The predicted molar refractivity (Wildman–Crippen MR) is 110 cm³/mol. The third kappa shape index (κ3) is 5.26. The Hall–Kier alpha value is -2.61. The molecule has 0 spiro atoms. The van der Waals surface area contributed by atoms with Crippen LogP contribution in [-0.4, -0.2) is 36.8 Å². The van der Waals surface area contributed by atoms with Crippen LogP contribution in [0.25, 0.3) is 0 Å². The summed E-state index contributed by atoms with van der Waals surface area (Å²) < 4.78 is 7.37. The van der Waals surface area contributed by atoms with E-state index in [9.17, 15) is 4.79 Å². The van der Waals surface area contributed by atoms with E-state index in [-0.39, 0.29) is 5.91 Å². The zero-order chi connectivity index (χ0) is 19.9. The lowest BCUT2D eigenvalue weighted by molar-refractivity contribution is -0.129. The summed E-state index contributed by atoms with van der Waals surface area (Å²) >= 11 is 1.41. The average Bonchev–Trinajstić information content (AvgIpc) is 3.45. The van der Waals surface area contributed by atoms with E-state index in [2.05, 4.69) is 15.5 Å². The van der Waals surface area contributed by atoms with E-state index in [0.717, 1.165) is 29.3 Å². The second-order valence-corrected chi connectivity index (χ2v) is 8.24. The maximum Gasteiger partial charge on any atom is 0.233 e. The van der Waals surface area contributed by atoms with Gasteiger partial charge in [0.05, 0.1) is 24.6 Å². The fourth-order valence-corrected chi connectivity index (χ4v) is 4.53. The molecule has 1 aliphatic rings. The first-order valence-electron chi connectivity index (χ1n) is 10.0. The Kier molecular flexibility index (Phi) is 6.61. The van der Waals surface area contributed by atoms with Gasteiger partial charge in [-0.25, -0.2) is 4.68 Å². The van der Waals surface area contributed by atoms with Gasteiger partial charge in [0.15, 0.2) is 0 Å². The van der Waals surface area contributed by atoms with Crippen LogP contribution in [0.15, 0.2) is 58.3 Å². The predicted octanol–water partition coefficient (Wildman–Crippen LogP) is 4.09. The first-order valence-corrected chi connectivity index (χ1v) is 11.0. The normalized spacial score (nSPS) is 14.8. The number of hydrogen-bond acceptors (Lipinski definition) is 6. The van der Waals surface area contributed by atoms with Crippen molar-refractivity contribution in [1.82, 2.24) is 25.1 Å². The quantitative estimate of drug-likeness (QED) is 0.520. The van der Waals surface area contributed by atoms with Gasteiger partial charge >= 0.3 is 0 Å². The molecule has 1 aromatic carbocycles. The second-order valence-electron chi connectivity index (χ2n) is 7.30. The first-order chi connectivity index (χ1) is 14.3. The first kappa shape index (κ1) is 19.7. The molecule has 1 fully saturated rings. The monoisotopic (exact) mass is 411 g/mol. The Labute approximate surface area is 174 Å². The highest BCUT2D eigenvalue weighted by Crippen LogP contribution is 2.30. The number of nitrogens with zero attached hydrogens (tertiary/aromatic N) is 5. The van der Waals surface area contributed by atoms with Gasteiger partial charge in [-0.15, -0.1) is 5.10 Å². The number of aromatic nitrogens is 4. The van der Waals surface area contributed by atoms with Crippen molar-refractivity contribution < 1.29 is 9.21 Å². The molecule has 4 rings (SSSR count). The zero-order valence-corrected chi connectivity index (χ0v) is 17.1. The number of furan rings is 1. The van der Waals surface area contributed by atoms with Crippen LogP contribution in [-0.2, 0) is 17.9 Å². The minimum absolute atomic E-state index is 0.0356. The van der Waals surface area contributed by atoms with Gasteiger partial charge in [0.1, 0.15) is 5.76 Å². The number of benzene rings is 1. The molecule has 7 nitrogen and oxygen atoms in total. The highest BCUT2D eigenvalue weighted by Gasteiger charge is 2.22. The smallest absolute Gasteiger partial charge is 0.233 e. The Balaban J connectivity index is 1.42. The van der Waals surface area contributed by atoms with Crippen molar-refractivity contribution in [2.75, 3.05) is 5.75 Å². The van der Waals surface area contributed by atoms with Gasteiger partial charge < -0.3 is 9.32 Å². The summed E-state index contributed by atoms with van der Waals surface area (Å²) in [6.07, 6.45) is 7.54. The number of hydrogen-bond donors (Lipinski definition) is 0. The Bertz CT molecular complexity index is 891. The van der Waals surface area contributed by atoms with Crippen LogP contribution in [0.3, 0.4) is 0 Å². The van der Waals surface area contributed by atoms with Crippen LogP contribution < -0.4 is 0 Å². The number of rotatable bonds is 8. The molecule has 1 saturated carbocycles. The molecular formula is C21H25N5O2S. The highest BCUT2D eigenvalue weighted by molar-refractivity contribution is 7.99. The van der Waals surface area contributed by atoms with Crippen molar-refractivity contribution in [3.05, 3.63) is 60.1 Å². The van der Waals surface area contributed by atoms with Crippen LogP contribution in [0, 0.1) is 0 Å². The summed E-state index contributed by atoms with van der Waals surface area (Å²) in [6.45, 7) is 0.976. The molecule has 2 aromatic heterocycles. The number of carbonyl (C=O) groups excluding carboxylic acids is 1. The summed E-state index contributed by atoms with van der Waals surface area (Å²) in [5, 5.41) is 12.9. The molecule has 2 heterocycles. The maximum atomic E-state index is 13.0. The molecule has 8 heteroatoms. The van der Waals surface area contributed by atoms with Gasteiger partial charge in [0.2, 0.25) is 11.1 Å². The fourth-order valence-electron chi connectivity index (χ4n) is 3.68. The molecule has 0 aliphatic heterocycles. The van der Waals surface area contributed by atoms with Gasteiger partial charge in [0.25, 0.3) is 0 Å². The zero-order valence-electron chi connectivity index (χ0n) is 16.3. The topological polar surface area (TPSA) is 77.1 Å². The van der Waals surface area contributed by atoms with Crippen LogP contribution in [0.5, 0.6) is 0 Å². The second kappa shape index (κ2) is 9.73. The SMILES string of the molecule is O=C(CSc1nnnn1C1CCCCC1)N(Cc1ccccc1)Cc1ccco1. The summed E-state index contributed by atoms with van der Waals surface area (Å²) in [7, 11) is 0. The minimum Gasteiger partial charge on any atom is -0.467 e. The van der Waals surface area contributed by atoms with Crippen LogP contribution in [0.2, 0.25) is 0 Å². The lowest BCUT2D eigenvalue weighted by Crippen LogP contribution is -2.31. The summed E-state index contributed by atoms with van der Waals surface area (Å²) in [4.78, 5) is 14.9. The third-order valence-electron chi connectivity index (χ3n) is 5.20. The standard InChI is InChI=1S/C21H25N5O2S/c27-20(16-29-21-22-23-24-26(21)18-10-5-2-6-11-18)25(15-19-12-7-13-28-19)14-17-8-3-1-4-9-17/h1,3-4,7-9,12-13,18H,2,5-6,10-11,14-16H2. The van der Waals surface area contributed by atoms with Crippen molar-refractivity contribution in [3.63, 3.8) is 0 Å². The van der Waals surface area contributed by atoms with Crippen LogP contribution in [0.4, 0.5) is 0 Å².